The Labute approximate surface area is 323 Å². The molecule has 0 fully saturated rings. The number of rotatable bonds is 6. The van der Waals surface area contributed by atoms with Gasteiger partial charge in [0.05, 0.1) is 28.1 Å². The van der Waals surface area contributed by atoms with Crippen LogP contribution < -0.4 is 4.90 Å². The monoisotopic (exact) mass is 718 g/mol. The van der Waals surface area contributed by atoms with E-state index in [0.29, 0.717) is 0 Å². The highest BCUT2D eigenvalue weighted by molar-refractivity contribution is 7.26. The van der Waals surface area contributed by atoms with Crippen molar-refractivity contribution >= 4 is 81.1 Å². The second-order valence-corrected chi connectivity index (χ2v) is 15.1. The standard InChI is InChI=1S/C52H34N2S/c1-2-18-38(19-3-1)53(45-26-10-6-20-39(45)37-33-32-35-16-4-5-17-36(35)34-37)48-29-15-30-49-51(48)44-23-8-12-28-47(44)54(49)46-27-11-7-21-40(46)42-24-14-25-43-41-22-9-13-31-50(41)55-52(42)43/h1-34H. The van der Waals surface area contributed by atoms with E-state index in [9.17, 15) is 0 Å². The van der Waals surface area contributed by atoms with Crippen LogP contribution in [0.25, 0.3) is 80.7 Å². The molecule has 0 radical (unpaired) electrons. The molecule has 11 rings (SSSR count). The molecule has 0 bridgehead atoms. The summed E-state index contributed by atoms with van der Waals surface area (Å²) < 4.78 is 5.11. The molecule has 2 nitrogen and oxygen atoms in total. The molecule has 3 heteroatoms. The van der Waals surface area contributed by atoms with Crippen molar-refractivity contribution in [3.8, 4) is 27.9 Å². The fourth-order valence-electron chi connectivity index (χ4n) is 8.56. The summed E-state index contributed by atoms with van der Waals surface area (Å²) in [6.45, 7) is 0. The highest BCUT2D eigenvalue weighted by Crippen LogP contribution is 2.48. The first-order valence-electron chi connectivity index (χ1n) is 18.8. The van der Waals surface area contributed by atoms with Crippen molar-refractivity contribution < 1.29 is 0 Å². The van der Waals surface area contributed by atoms with Crippen molar-refractivity contribution in [3.63, 3.8) is 0 Å². The van der Waals surface area contributed by atoms with Crippen molar-refractivity contribution in [1.29, 1.82) is 0 Å². The van der Waals surface area contributed by atoms with Gasteiger partial charge >= 0.3 is 0 Å². The van der Waals surface area contributed by atoms with Gasteiger partial charge in [-0.1, -0.05) is 152 Å². The molecule has 0 aliphatic heterocycles. The molecule has 0 atom stereocenters. The summed E-state index contributed by atoms with van der Waals surface area (Å²) in [5.41, 5.74) is 11.7. The van der Waals surface area contributed by atoms with Crippen LogP contribution in [0.5, 0.6) is 0 Å². The predicted molar refractivity (Wildman–Crippen MR) is 237 cm³/mol. The zero-order chi connectivity index (χ0) is 36.3. The fraction of sp³-hybridized carbons (Fsp3) is 0. The molecule has 0 saturated carbocycles. The highest BCUT2D eigenvalue weighted by atomic mass is 32.1. The first-order valence-corrected chi connectivity index (χ1v) is 19.6. The Hall–Kier alpha value is -6.94. The van der Waals surface area contributed by atoms with Crippen molar-refractivity contribution in [2.75, 3.05) is 4.90 Å². The van der Waals surface area contributed by atoms with E-state index < -0.39 is 0 Å². The lowest BCUT2D eigenvalue weighted by Gasteiger charge is -2.29. The van der Waals surface area contributed by atoms with Gasteiger partial charge in [-0.25, -0.2) is 0 Å². The van der Waals surface area contributed by atoms with Crippen LogP contribution in [0.1, 0.15) is 0 Å². The molecule has 0 N–H and O–H groups in total. The van der Waals surface area contributed by atoms with Crippen LogP contribution in [0.4, 0.5) is 17.1 Å². The van der Waals surface area contributed by atoms with E-state index in [1.807, 2.05) is 11.3 Å². The van der Waals surface area contributed by atoms with E-state index >= 15 is 0 Å². The first kappa shape index (κ1) is 31.6. The van der Waals surface area contributed by atoms with Crippen LogP contribution in [0.15, 0.2) is 206 Å². The zero-order valence-electron chi connectivity index (χ0n) is 29.9. The topological polar surface area (TPSA) is 8.17 Å². The SMILES string of the molecule is c1ccc(N(c2ccccc2-c2ccc3ccccc3c2)c2cccc3c2c2ccccc2n3-c2ccccc2-c2cccc3c2sc2ccccc23)cc1. The summed E-state index contributed by atoms with van der Waals surface area (Å²) in [6.07, 6.45) is 0. The summed E-state index contributed by atoms with van der Waals surface area (Å²) >= 11 is 1.88. The van der Waals surface area contributed by atoms with Gasteiger partial charge in [-0.2, -0.15) is 0 Å². The maximum Gasteiger partial charge on any atom is 0.0562 e. The Kier molecular flexibility index (Phi) is 7.39. The molecule has 0 unspecified atom stereocenters. The molecule has 55 heavy (non-hydrogen) atoms. The van der Waals surface area contributed by atoms with Crippen molar-refractivity contribution in [2.24, 2.45) is 0 Å². The van der Waals surface area contributed by atoms with E-state index in [4.69, 9.17) is 0 Å². The third-order valence-electron chi connectivity index (χ3n) is 11.0. The van der Waals surface area contributed by atoms with Crippen LogP contribution in [-0.2, 0) is 0 Å². The Balaban J connectivity index is 1.18. The van der Waals surface area contributed by atoms with Crippen LogP contribution in [0, 0.1) is 0 Å². The van der Waals surface area contributed by atoms with Crippen molar-refractivity contribution in [1.82, 2.24) is 4.57 Å². The normalized spacial score (nSPS) is 11.6. The maximum absolute atomic E-state index is 2.48. The van der Waals surface area contributed by atoms with Gasteiger partial charge in [0.15, 0.2) is 0 Å². The van der Waals surface area contributed by atoms with Gasteiger partial charge in [-0.3, -0.25) is 0 Å². The van der Waals surface area contributed by atoms with Crippen molar-refractivity contribution in [2.45, 2.75) is 0 Å². The predicted octanol–water partition coefficient (Wildman–Crippen LogP) is 15.1. The molecule has 0 aliphatic rings. The number of para-hydroxylation sites is 4. The van der Waals surface area contributed by atoms with Gasteiger partial charge in [-0.15, -0.1) is 11.3 Å². The number of thiophene rings is 1. The molecule has 2 heterocycles. The third-order valence-corrected chi connectivity index (χ3v) is 12.2. The summed E-state index contributed by atoms with van der Waals surface area (Å²) in [5, 5.41) is 7.52. The van der Waals surface area contributed by atoms with Crippen LogP contribution >= 0.6 is 11.3 Å². The molecular weight excluding hydrogens is 685 g/mol. The van der Waals surface area contributed by atoms with Gasteiger partial charge in [0.1, 0.15) is 0 Å². The molecule has 0 amide bonds. The van der Waals surface area contributed by atoms with Crippen LogP contribution in [0.3, 0.4) is 0 Å². The number of benzene rings is 9. The minimum absolute atomic E-state index is 1.11. The van der Waals surface area contributed by atoms with E-state index in [2.05, 4.69) is 216 Å². The molecule has 0 spiro atoms. The molecular formula is C52H34N2S. The zero-order valence-corrected chi connectivity index (χ0v) is 30.7. The van der Waals surface area contributed by atoms with E-state index in [1.54, 1.807) is 0 Å². The quantitative estimate of drug-likeness (QED) is 0.166. The first-order chi connectivity index (χ1) is 27.3. The Morgan fingerprint density at radius 3 is 1.95 bits per heavy atom. The number of anilines is 3. The molecule has 9 aromatic carbocycles. The fourth-order valence-corrected chi connectivity index (χ4v) is 9.79. The lowest BCUT2D eigenvalue weighted by Crippen LogP contribution is -2.11. The van der Waals surface area contributed by atoms with Crippen LogP contribution in [-0.4, -0.2) is 4.57 Å². The number of hydrogen-bond acceptors (Lipinski definition) is 2. The number of aromatic nitrogens is 1. The number of nitrogens with zero attached hydrogens (tertiary/aromatic N) is 2. The maximum atomic E-state index is 2.48. The largest absolute Gasteiger partial charge is 0.309 e. The van der Waals surface area contributed by atoms with Gasteiger partial charge in [0.2, 0.25) is 0 Å². The van der Waals surface area contributed by atoms with Gasteiger partial charge in [0.25, 0.3) is 0 Å². The summed E-state index contributed by atoms with van der Waals surface area (Å²) in [7, 11) is 0. The van der Waals surface area contributed by atoms with Crippen LogP contribution in [0.2, 0.25) is 0 Å². The lowest BCUT2D eigenvalue weighted by atomic mass is 9.98. The van der Waals surface area contributed by atoms with Crippen molar-refractivity contribution in [3.05, 3.63) is 206 Å². The average Bonchev–Trinajstić information content (AvgIpc) is 3.81. The second kappa shape index (κ2) is 12.9. The minimum atomic E-state index is 1.11. The third kappa shape index (κ3) is 5.09. The molecule has 258 valence electrons. The van der Waals surface area contributed by atoms with Gasteiger partial charge in [-0.05, 0) is 70.9 Å². The summed E-state index contributed by atoms with van der Waals surface area (Å²) in [5.74, 6) is 0. The molecule has 11 aromatic rings. The molecule has 0 saturated heterocycles. The molecule has 2 aromatic heterocycles. The number of hydrogen-bond donors (Lipinski definition) is 0. The van der Waals surface area contributed by atoms with Gasteiger partial charge < -0.3 is 9.47 Å². The van der Waals surface area contributed by atoms with E-state index in [1.165, 1.54) is 80.7 Å². The smallest absolute Gasteiger partial charge is 0.0562 e. The summed E-state index contributed by atoms with van der Waals surface area (Å²) in [6, 6.07) is 75.1. The Morgan fingerprint density at radius 1 is 0.400 bits per heavy atom. The second-order valence-electron chi connectivity index (χ2n) is 14.1. The Morgan fingerprint density at radius 2 is 1.04 bits per heavy atom. The summed E-state index contributed by atoms with van der Waals surface area (Å²) in [4.78, 5) is 2.45. The van der Waals surface area contributed by atoms with E-state index in [-0.39, 0.29) is 0 Å². The van der Waals surface area contributed by atoms with Gasteiger partial charge in [0, 0.05) is 53.3 Å². The minimum Gasteiger partial charge on any atom is -0.309 e. The lowest BCUT2D eigenvalue weighted by molar-refractivity contribution is 1.18. The highest BCUT2D eigenvalue weighted by Gasteiger charge is 2.24. The number of fused-ring (bicyclic) bond motifs is 7. The Bertz CT molecular complexity index is 3220. The van der Waals surface area contributed by atoms with E-state index in [0.717, 1.165) is 17.1 Å². The molecule has 0 aliphatic carbocycles. The average molecular weight is 719 g/mol.